The minimum atomic E-state index is -0.937. The van der Waals surface area contributed by atoms with Crippen LogP contribution in [0.5, 0.6) is 0 Å². The van der Waals surface area contributed by atoms with E-state index < -0.39 is 6.09 Å². The van der Waals surface area contributed by atoms with E-state index in [4.69, 9.17) is 14.2 Å². The van der Waals surface area contributed by atoms with E-state index >= 15 is 0 Å². The predicted octanol–water partition coefficient (Wildman–Crippen LogP) is 5.07. The van der Waals surface area contributed by atoms with Crippen LogP contribution in [0.4, 0.5) is 4.79 Å². The average molecular weight is 531 g/mol. The first kappa shape index (κ1) is 26.8. The number of nitrogens with zero attached hydrogens (tertiary/aromatic N) is 4. The molecule has 1 N–H and O–H groups in total. The van der Waals surface area contributed by atoms with Crippen LogP contribution in [0.1, 0.15) is 35.7 Å². The summed E-state index contributed by atoms with van der Waals surface area (Å²) in [5.41, 5.74) is 2.93. The van der Waals surface area contributed by atoms with Gasteiger partial charge in [-0.05, 0) is 40.8 Å². The maximum absolute atomic E-state index is 11.7. The summed E-state index contributed by atoms with van der Waals surface area (Å²) in [5.74, 6) is 0. The van der Waals surface area contributed by atoms with Crippen molar-refractivity contribution in [1.82, 2.24) is 19.9 Å². The van der Waals surface area contributed by atoms with Gasteiger partial charge in [0.25, 0.3) is 0 Å². The Kier molecular flexibility index (Phi) is 9.16. The lowest BCUT2D eigenvalue weighted by molar-refractivity contribution is -0.0400. The van der Waals surface area contributed by atoms with E-state index in [2.05, 4.69) is 34.6 Å². The highest BCUT2D eigenvalue weighted by atomic mass is 16.5. The number of ether oxygens (including phenoxy) is 3. The monoisotopic (exact) mass is 530 g/mol. The van der Waals surface area contributed by atoms with Crippen molar-refractivity contribution in [2.75, 3.05) is 26.3 Å². The van der Waals surface area contributed by atoms with E-state index in [1.807, 2.05) is 54.7 Å². The fourth-order valence-electron chi connectivity index (χ4n) is 4.82. The van der Waals surface area contributed by atoms with Crippen LogP contribution in [0, 0.1) is 0 Å². The van der Waals surface area contributed by atoms with Gasteiger partial charge in [0, 0.05) is 19.8 Å². The Bertz CT molecular complexity index is 1350. The van der Waals surface area contributed by atoms with Crippen LogP contribution < -0.4 is 0 Å². The Morgan fingerprint density at radius 3 is 2.49 bits per heavy atom. The minimum Gasteiger partial charge on any atom is -0.465 e. The molecule has 9 nitrogen and oxygen atoms in total. The first-order valence-corrected chi connectivity index (χ1v) is 13.3. The molecule has 1 aliphatic rings. The third-order valence-corrected chi connectivity index (χ3v) is 6.91. The van der Waals surface area contributed by atoms with Gasteiger partial charge in [-0.3, -0.25) is 0 Å². The lowest BCUT2D eigenvalue weighted by atomic mass is 10.0. The summed E-state index contributed by atoms with van der Waals surface area (Å²) in [6, 6.07) is 24.4. The summed E-state index contributed by atoms with van der Waals surface area (Å²) in [6.07, 6.45) is 1.97. The summed E-state index contributed by atoms with van der Waals surface area (Å²) >= 11 is 0. The van der Waals surface area contributed by atoms with Gasteiger partial charge >= 0.3 is 6.09 Å². The van der Waals surface area contributed by atoms with E-state index in [1.165, 1.54) is 10.3 Å². The van der Waals surface area contributed by atoms with Crippen LogP contribution >= 0.6 is 0 Å². The van der Waals surface area contributed by atoms with Crippen molar-refractivity contribution in [1.29, 1.82) is 0 Å². The number of likely N-dealkylation sites (tertiary alicyclic amines) is 1. The van der Waals surface area contributed by atoms with Gasteiger partial charge in [0.1, 0.15) is 5.69 Å². The van der Waals surface area contributed by atoms with Crippen molar-refractivity contribution in [3.63, 3.8) is 0 Å². The van der Waals surface area contributed by atoms with E-state index in [1.54, 1.807) is 4.68 Å². The molecule has 2 unspecified atom stereocenters. The minimum absolute atomic E-state index is 0.117. The number of carbonyl (C=O) groups is 1. The molecule has 0 bridgehead atoms. The van der Waals surface area contributed by atoms with Gasteiger partial charge in [-0.15, -0.1) is 5.10 Å². The maximum Gasteiger partial charge on any atom is 0.407 e. The van der Waals surface area contributed by atoms with Crippen LogP contribution in [-0.4, -0.2) is 63.5 Å². The molecule has 1 saturated heterocycles. The standard InChI is InChI=1S/C30H34N4O5/c35-30(36)33-14-13-28(29(19-33)39-21-24-11-12-25-9-4-5-10-26(25)17-24)34-18-27(31-32-34)22-38-16-6-15-37-20-23-7-2-1-3-8-23/h1-5,7-12,17-18,28-29H,6,13-16,19-22H2,(H,35,36). The van der Waals surface area contributed by atoms with Crippen LogP contribution in [0.25, 0.3) is 10.8 Å². The van der Waals surface area contributed by atoms with Crippen molar-refractivity contribution in [2.45, 2.75) is 44.8 Å². The Balaban J connectivity index is 1.12. The van der Waals surface area contributed by atoms with Gasteiger partial charge in [0.15, 0.2) is 0 Å². The Morgan fingerprint density at radius 1 is 0.897 bits per heavy atom. The van der Waals surface area contributed by atoms with Gasteiger partial charge in [0.05, 0.1) is 44.7 Å². The van der Waals surface area contributed by atoms with Crippen molar-refractivity contribution in [2.24, 2.45) is 0 Å². The first-order valence-electron chi connectivity index (χ1n) is 13.3. The van der Waals surface area contributed by atoms with Gasteiger partial charge in [-0.25, -0.2) is 9.48 Å². The molecule has 2 heterocycles. The summed E-state index contributed by atoms with van der Waals surface area (Å²) in [6.45, 7) is 3.23. The third kappa shape index (κ3) is 7.41. The van der Waals surface area contributed by atoms with E-state index in [9.17, 15) is 9.90 Å². The number of fused-ring (bicyclic) bond motifs is 1. The molecule has 9 heteroatoms. The topological polar surface area (TPSA) is 98.9 Å². The van der Waals surface area contributed by atoms with Crippen LogP contribution in [-0.2, 0) is 34.0 Å². The molecule has 2 atom stereocenters. The second-order valence-corrected chi connectivity index (χ2v) is 9.75. The van der Waals surface area contributed by atoms with Gasteiger partial charge in [0.2, 0.25) is 0 Å². The summed E-state index contributed by atoms with van der Waals surface area (Å²) < 4.78 is 19.6. The number of amides is 1. The van der Waals surface area contributed by atoms with Crippen molar-refractivity contribution in [3.8, 4) is 0 Å². The van der Waals surface area contributed by atoms with E-state index in [0.29, 0.717) is 46.0 Å². The molecular weight excluding hydrogens is 496 g/mol. The number of benzene rings is 3. The van der Waals surface area contributed by atoms with Crippen molar-refractivity contribution >= 4 is 16.9 Å². The molecule has 3 aromatic carbocycles. The second-order valence-electron chi connectivity index (χ2n) is 9.75. The SMILES string of the molecule is O=C(O)N1CCC(n2cc(COCCCOCc3ccccc3)nn2)C(OCc2ccc3ccccc3c2)C1. The molecule has 0 aliphatic carbocycles. The van der Waals surface area contributed by atoms with Crippen LogP contribution in [0.15, 0.2) is 79.0 Å². The second kappa shape index (κ2) is 13.3. The molecule has 1 amide bonds. The zero-order valence-corrected chi connectivity index (χ0v) is 21.9. The van der Waals surface area contributed by atoms with Gasteiger partial charge in [-0.2, -0.15) is 0 Å². The zero-order chi connectivity index (χ0) is 26.9. The fraction of sp³-hybridized carbons (Fsp3) is 0.367. The van der Waals surface area contributed by atoms with E-state index in [-0.39, 0.29) is 18.7 Å². The molecule has 4 aromatic rings. The lowest BCUT2D eigenvalue weighted by Gasteiger charge is -2.36. The Morgan fingerprint density at radius 2 is 1.67 bits per heavy atom. The maximum atomic E-state index is 11.7. The highest BCUT2D eigenvalue weighted by Crippen LogP contribution is 2.27. The quantitative estimate of drug-likeness (QED) is 0.256. The van der Waals surface area contributed by atoms with E-state index in [0.717, 1.165) is 28.6 Å². The Hall–Kier alpha value is -3.79. The summed E-state index contributed by atoms with van der Waals surface area (Å²) in [5, 5.41) is 20.5. The lowest BCUT2D eigenvalue weighted by Crippen LogP contribution is -2.48. The number of rotatable bonds is 12. The average Bonchev–Trinajstić information content (AvgIpc) is 3.44. The van der Waals surface area contributed by atoms with Crippen LogP contribution in [0.2, 0.25) is 0 Å². The highest BCUT2D eigenvalue weighted by Gasteiger charge is 2.34. The third-order valence-electron chi connectivity index (χ3n) is 6.91. The molecular formula is C30H34N4O5. The highest BCUT2D eigenvalue weighted by molar-refractivity contribution is 5.82. The molecule has 204 valence electrons. The molecule has 1 aromatic heterocycles. The smallest absolute Gasteiger partial charge is 0.407 e. The van der Waals surface area contributed by atoms with Gasteiger partial charge in [-0.1, -0.05) is 71.9 Å². The largest absolute Gasteiger partial charge is 0.465 e. The number of aromatic nitrogens is 3. The Labute approximate surface area is 227 Å². The molecule has 39 heavy (non-hydrogen) atoms. The summed E-state index contributed by atoms with van der Waals surface area (Å²) in [4.78, 5) is 13.1. The first-order chi connectivity index (χ1) is 19.2. The normalized spacial score (nSPS) is 17.5. The van der Waals surface area contributed by atoms with Crippen LogP contribution in [0.3, 0.4) is 0 Å². The van der Waals surface area contributed by atoms with Gasteiger partial charge < -0.3 is 24.2 Å². The fourth-order valence-corrected chi connectivity index (χ4v) is 4.82. The molecule has 0 spiro atoms. The molecule has 1 fully saturated rings. The number of hydrogen-bond donors (Lipinski definition) is 1. The molecule has 0 saturated carbocycles. The van der Waals surface area contributed by atoms with Crippen molar-refractivity contribution in [3.05, 3.63) is 95.8 Å². The molecule has 1 aliphatic heterocycles. The number of piperidine rings is 1. The zero-order valence-electron chi connectivity index (χ0n) is 21.9. The number of hydrogen-bond acceptors (Lipinski definition) is 6. The molecule has 0 radical (unpaired) electrons. The number of carboxylic acid groups (broad SMARTS) is 1. The summed E-state index contributed by atoms with van der Waals surface area (Å²) in [7, 11) is 0. The molecule has 5 rings (SSSR count). The predicted molar refractivity (Wildman–Crippen MR) is 146 cm³/mol. The van der Waals surface area contributed by atoms with Crippen molar-refractivity contribution < 1.29 is 24.1 Å².